The molecule has 2 aromatic heterocycles. The smallest absolute Gasteiger partial charge is 0.338 e. The Hall–Kier alpha value is -4.30. The first-order valence-corrected chi connectivity index (χ1v) is 11.8. The van der Waals surface area contributed by atoms with Gasteiger partial charge in [0.15, 0.2) is 5.82 Å². The molecule has 3 aromatic carbocycles. The van der Waals surface area contributed by atoms with E-state index in [2.05, 4.69) is 37.7 Å². The van der Waals surface area contributed by atoms with Gasteiger partial charge < -0.3 is 9.47 Å². The molecule has 9 heteroatoms. The van der Waals surface area contributed by atoms with Gasteiger partial charge >= 0.3 is 5.97 Å². The maximum atomic E-state index is 12.2. The minimum atomic E-state index is -0.355. The number of H-pyrrole nitrogens is 1. The summed E-state index contributed by atoms with van der Waals surface area (Å²) in [4.78, 5) is 16.8. The number of carbonyl (C=O) groups is 1. The number of ether oxygens (including phenoxy) is 2. The second kappa shape index (κ2) is 11.6. The molecule has 0 aliphatic heterocycles. The SMILES string of the molecule is CCOC(=O)c1ccc2c(OCc3ccc(-c4ccccc4-c4nnn[nH]4)cc3)cc(CC)nc2c1.Cl. The van der Waals surface area contributed by atoms with Crippen molar-refractivity contribution in [2.45, 2.75) is 26.9 Å². The third-order valence-corrected chi connectivity index (χ3v) is 5.89. The minimum Gasteiger partial charge on any atom is -0.488 e. The lowest BCUT2D eigenvalue weighted by molar-refractivity contribution is 0.0526. The molecule has 0 radical (unpaired) electrons. The predicted molar refractivity (Wildman–Crippen MR) is 144 cm³/mol. The number of aryl methyl sites for hydroxylation is 1. The zero-order valence-electron chi connectivity index (χ0n) is 20.5. The second-order valence-electron chi connectivity index (χ2n) is 8.20. The summed E-state index contributed by atoms with van der Waals surface area (Å²) in [5, 5.41) is 15.1. The van der Waals surface area contributed by atoms with Crippen LogP contribution in [0.25, 0.3) is 33.4 Å². The highest BCUT2D eigenvalue weighted by Gasteiger charge is 2.13. The summed E-state index contributed by atoms with van der Waals surface area (Å²) in [6.45, 7) is 4.56. The number of rotatable bonds is 8. The van der Waals surface area contributed by atoms with Crippen LogP contribution < -0.4 is 4.74 Å². The fourth-order valence-corrected chi connectivity index (χ4v) is 4.05. The van der Waals surface area contributed by atoms with Crippen LogP contribution in [0, 0.1) is 0 Å². The van der Waals surface area contributed by atoms with E-state index >= 15 is 0 Å². The van der Waals surface area contributed by atoms with E-state index in [0.29, 0.717) is 30.1 Å². The molecule has 0 bridgehead atoms. The number of fused-ring (bicyclic) bond motifs is 1. The lowest BCUT2D eigenvalue weighted by Crippen LogP contribution is -2.05. The van der Waals surface area contributed by atoms with E-state index < -0.39 is 0 Å². The largest absolute Gasteiger partial charge is 0.488 e. The summed E-state index contributed by atoms with van der Waals surface area (Å²) in [7, 11) is 0. The van der Waals surface area contributed by atoms with Gasteiger partial charge in [0, 0.05) is 22.7 Å². The first kappa shape index (κ1) is 25.8. The van der Waals surface area contributed by atoms with Gasteiger partial charge in [-0.05, 0) is 58.7 Å². The lowest BCUT2D eigenvalue weighted by atomic mass is 9.98. The standard InChI is InChI=1S/C28H25N5O3.ClH/c1-3-21-16-26(24-14-13-20(15-25(24)29-21)28(34)35-4-2)36-17-18-9-11-19(12-10-18)22-7-5-6-8-23(22)27-30-32-33-31-27;/h5-16H,3-4,17H2,1-2H3,(H,30,31,32,33);1H. The Morgan fingerprint density at radius 1 is 0.946 bits per heavy atom. The number of pyridine rings is 1. The molecule has 37 heavy (non-hydrogen) atoms. The second-order valence-corrected chi connectivity index (χ2v) is 8.20. The fraction of sp³-hybridized carbons (Fsp3) is 0.179. The number of aromatic amines is 1. The van der Waals surface area contributed by atoms with Crippen LogP contribution in [0.2, 0.25) is 0 Å². The van der Waals surface area contributed by atoms with Crippen molar-refractivity contribution in [2.75, 3.05) is 6.61 Å². The molecule has 0 aliphatic rings. The highest BCUT2D eigenvalue weighted by Crippen LogP contribution is 2.31. The number of carbonyl (C=O) groups excluding carboxylic acids is 1. The average Bonchev–Trinajstić information content (AvgIpc) is 3.46. The van der Waals surface area contributed by atoms with E-state index in [-0.39, 0.29) is 18.4 Å². The molecule has 0 aliphatic carbocycles. The number of nitrogens with one attached hydrogen (secondary N) is 1. The Labute approximate surface area is 220 Å². The highest BCUT2D eigenvalue weighted by molar-refractivity contribution is 5.96. The predicted octanol–water partition coefficient (Wildman–Crippen LogP) is 5.82. The zero-order valence-corrected chi connectivity index (χ0v) is 21.3. The fourth-order valence-electron chi connectivity index (χ4n) is 4.05. The summed E-state index contributed by atoms with van der Waals surface area (Å²) >= 11 is 0. The molecule has 0 atom stereocenters. The molecule has 0 fully saturated rings. The van der Waals surface area contributed by atoms with Crippen molar-refractivity contribution in [1.29, 1.82) is 0 Å². The number of nitrogens with zero attached hydrogens (tertiary/aromatic N) is 4. The summed E-state index contributed by atoms with van der Waals surface area (Å²) < 4.78 is 11.4. The van der Waals surface area contributed by atoms with Gasteiger partial charge in [0.1, 0.15) is 12.4 Å². The van der Waals surface area contributed by atoms with Crippen LogP contribution in [0.1, 0.15) is 35.5 Å². The lowest BCUT2D eigenvalue weighted by Gasteiger charge is -2.13. The van der Waals surface area contributed by atoms with Crippen LogP contribution in [-0.4, -0.2) is 38.2 Å². The van der Waals surface area contributed by atoms with Crippen molar-refractivity contribution >= 4 is 29.3 Å². The van der Waals surface area contributed by atoms with Crippen molar-refractivity contribution in [3.05, 3.63) is 89.6 Å². The molecule has 0 amide bonds. The van der Waals surface area contributed by atoms with E-state index in [1.807, 2.05) is 55.5 Å². The van der Waals surface area contributed by atoms with Gasteiger partial charge in [-0.2, -0.15) is 0 Å². The number of benzene rings is 3. The van der Waals surface area contributed by atoms with E-state index in [4.69, 9.17) is 9.47 Å². The molecule has 188 valence electrons. The molecule has 8 nitrogen and oxygen atoms in total. The Morgan fingerprint density at radius 2 is 1.73 bits per heavy atom. The van der Waals surface area contributed by atoms with Crippen molar-refractivity contribution in [3.63, 3.8) is 0 Å². The molecule has 0 saturated carbocycles. The monoisotopic (exact) mass is 515 g/mol. The highest BCUT2D eigenvalue weighted by atomic mass is 35.5. The van der Waals surface area contributed by atoms with E-state index in [9.17, 15) is 4.79 Å². The van der Waals surface area contributed by atoms with E-state index in [0.717, 1.165) is 45.5 Å². The number of hydrogen-bond donors (Lipinski definition) is 1. The molecule has 0 saturated heterocycles. The van der Waals surface area contributed by atoms with Crippen LogP contribution in [0.4, 0.5) is 0 Å². The average molecular weight is 516 g/mol. The van der Waals surface area contributed by atoms with Crippen LogP contribution >= 0.6 is 12.4 Å². The number of esters is 1. The van der Waals surface area contributed by atoms with Crippen LogP contribution in [0.3, 0.4) is 0 Å². The Morgan fingerprint density at radius 3 is 2.43 bits per heavy atom. The molecule has 5 rings (SSSR count). The number of aromatic nitrogens is 5. The summed E-state index contributed by atoms with van der Waals surface area (Å²) in [5.74, 6) is 1.01. The molecule has 5 aromatic rings. The topological polar surface area (TPSA) is 103 Å². The zero-order chi connectivity index (χ0) is 24.9. The molecule has 1 N–H and O–H groups in total. The Balaban J connectivity index is 0.00000320. The molecular weight excluding hydrogens is 490 g/mol. The first-order valence-electron chi connectivity index (χ1n) is 11.8. The van der Waals surface area contributed by atoms with Crippen molar-refractivity contribution in [2.24, 2.45) is 0 Å². The minimum absolute atomic E-state index is 0. The quantitative estimate of drug-likeness (QED) is 0.260. The van der Waals surface area contributed by atoms with Gasteiger partial charge in [0.05, 0.1) is 17.7 Å². The van der Waals surface area contributed by atoms with E-state index in [1.54, 1.807) is 19.1 Å². The van der Waals surface area contributed by atoms with Gasteiger partial charge in [0.2, 0.25) is 0 Å². The molecule has 2 heterocycles. The van der Waals surface area contributed by atoms with Gasteiger partial charge in [-0.25, -0.2) is 9.89 Å². The summed E-state index contributed by atoms with van der Waals surface area (Å²) in [6, 6.07) is 23.5. The number of tetrazole rings is 1. The normalized spacial score (nSPS) is 10.6. The maximum Gasteiger partial charge on any atom is 0.338 e. The van der Waals surface area contributed by atoms with Gasteiger partial charge in [0.25, 0.3) is 0 Å². The summed E-state index contributed by atoms with van der Waals surface area (Å²) in [5.41, 5.74) is 6.14. The van der Waals surface area contributed by atoms with Gasteiger partial charge in [-0.15, -0.1) is 17.5 Å². The van der Waals surface area contributed by atoms with Gasteiger partial charge in [-0.3, -0.25) is 4.98 Å². The first-order chi connectivity index (χ1) is 17.7. The van der Waals surface area contributed by atoms with Crippen molar-refractivity contribution in [1.82, 2.24) is 25.6 Å². The molecular formula is C28H26ClN5O3. The van der Waals surface area contributed by atoms with Gasteiger partial charge in [-0.1, -0.05) is 55.5 Å². The number of hydrogen-bond acceptors (Lipinski definition) is 7. The van der Waals surface area contributed by atoms with Crippen LogP contribution in [0.15, 0.2) is 72.8 Å². The van der Waals surface area contributed by atoms with Crippen molar-refractivity contribution < 1.29 is 14.3 Å². The maximum absolute atomic E-state index is 12.2. The Bertz CT molecular complexity index is 1500. The van der Waals surface area contributed by atoms with Crippen molar-refractivity contribution in [3.8, 4) is 28.3 Å². The Kier molecular flexibility index (Phi) is 8.10. The summed E-state index contributed by atoms with van der Waals surface area (Å²) in [6.07, 6.45) is 0.755. The number of halogens is 1. The molecule has 0 unspecified atom stereocenters. The van der Waals surface area contributed by atoms with E-state index in [1.165, 1.54) is 0 Å². The van der Waals surface area contributed by atoms with Crippen LogP contribution in [0.5, 0.6) is 5.75 Å². The molecule has 0 spiro atoms. The third kappa shape index (κ3) is 5.59. The third-order valence-electron chi connectivity index (χ3n) is 5.89. The van der Waals surface area contributed by atoms with Crippen LogP contribution in [-0.2, 0) is 17.8 Å².